The SMILES string of the molecule is CCCCCCCCCCCCCCOc1ccccc1C[C@H](N)CC1CNCC[C@]1(Cc1ccccc1C)C(=O)OC. The topological polar surface area (TPSA) is 73.6 Å². The van der Waals surface area contributed by atoms with Crippen LogP contribution in [0.5, 0.6) is 5.75 Å². The third-order valence-corrected chi connectivity index (χ3v) is 9.58. The number of aryl methyl sites for hydroxylation is 1. The summed E-state index contributed by atoms with van der Waals surface area (Å²) in [7, 11) is 1.52. The summed E-state index contributed by atoms with van der Waals surface area (Å²) in [4.78, 5) is 13.4. The summed E-state index contributed by atoms with van der Waals surface area (Å²) in [5.41, 5.74) is 9.84. The van der Waals surface area contributed by atoms with Gasteiger partial charge < -0.3 is 20.5 Å². The lowest BCUT2D eigenvalue weighted by molar-refractivity contribution is -0.158. The minimum Gasteiger partial charge on any atom is -0.493 e. The fourth-order valence-corrected chi connectivity index (χ4v) is 6.89. The van der Waals surface area contributed by atoms with E-state index in [2.05, 4.69) is 61.6 Å². The van der Waals surface area contributed by atoms with Gasteiger partial charge in [-0.2, -0.15) is 0 Å². The van der Waals surface area contributed by atoms with Crippen molar-refractivity contribution in [1.29, 1.82) is 0 Å². The summed E-state index contributed by atoms with van der Waals surface area (Å²) in [6.45, 7) is 6.73. The highest BCUT2D eigenvalue weighted by Crippen LogP contribution is 2.42. The number of piperidine rings is 1. The number of carbonyl (C=O) groups excluding carboxylic acids is 1. The van der Waals surface area contributed by atoms with E-state index in [9.17, 15) is 4.79 Å². The molecule has 1 unspecified atom stereocenters. The molecule has 3 atom stereocenters. The molecule has 5 heteroatoms. The van der Waals surface area contributed by atoms with Gasteiger partial charge in [-0.1, -0.05) is 120 Å². The van der Waals surface area contributed by atoms with Crippen molar-refractivity contribution in [1.82, 2.24) is 5.32 Å². The number of nitrogens with two attached hydrogens (primary N) is 1. The molecular formula is C38H60N2O3. The fraction of sp³-hybridized carbons (Fsp3) is 0.658. The van der Waals surface area contributed by atoms with Gasteiger partial charge in [-0.15, -0.1) is 0 Å². The van der Waals surface area contributed by atoms with Crippen molar-refractivity contribution < 1.29 is 14.3 Å². The van der Waals surface area contributed by atoms with E-state index in [1.54, 1.807) is 0 Å². The van der Waals surface area contributed by atoms with Gasteiger partial charge in [0.05, 0.1) is 19.1 Å². The van der Waals surface area contributed by atoms with Crippen molar-refractivity contribution in [2.45, 2.75) is 123 Å². The van der Waals surface area contributed by atoms with Crippen LogP contribution in [-0.2, 0) is 22.4 Å². The second kappa shape index (κ2) is 19.8. The van der Waals surface area contributed by atoms with Crippen molar-refractivity contribution in [3.05, 3.63) is 65.2 Å². The van der Waals surface area contributed by atoms with Crippen molar-refractivity contribution in [2.24, 2.45) is 17.1 Å². The molecule has 0 aliphatic carbocycles. The molecule has 0 amide bonds. The molecule has 0 spiro atoms. The zero-order valence-electron chi connectivity index (χ0n) is 27.5. The van der Waals surface area contributed by atoms with Crippen molar-refractivity contribution >= 4 is 5.97 Å². The lowest BCUT2D eigenvalue weighted by atomic mass is 9.64. The number of hydrogen-bond acceptors (Lipinski definition) is 5. The fourth-order valence-electron chi connectivity index (χ4n) is 6.89. The molecule has 3 rings (SSSR count). The Morgan fingerprint density at radius 1 is 0.907 bits per heavy atom. The second-order valence-electron chi connectivity index (χ2n) is 12.9. The van der Waals surface area contributed by atoms with Crippen LogP contribution in [0.3, 0.4) is 0 Å². The lowest BCUT2D eigenvalue weighted by Crippen LogP contribution is -2.53. The van der Waals surface area contributed by atoms with Gasteiger partial charge in [0.15, 0.2) is 0 Å². The molecule has 5 nitrogen and oxygen atoms in total. The number of carbonyl (C=O) groups is 1. The van der Waals surface area contributed by atoms with E-state index in [1.165, 1.54) is 88.9 Å². The Balaban J connectivity index is 1.47. The van der Waals surface area contributed by atoms with E-state index in [0.717, 1.165) is 56.7 Å². The number of rotatable bonds is 21. The Morgan fingerprint density at radius 2 is 1.51 bits per heavy atom. The van der Waals surface area contributed by atoms with E-state index < -0.39 is 5.41 Å². The molecule has 0 saturated carbocycles. The normalized spacial score (nSPS) is 19.2. The first-order valence-corrected chi connectivity index (χ1v) is 17.3. The third kappa shape index (κ3) is 11.6. The van der Waals surface area contributed by atoms with Gasteiger partial charge in [-0.25, -0.2) is 0 Å². The Labute approximate surface area is 262 Å². The standard InChI is InChI=1S/C38H60N2O3/c1-4-5-6-7-8-9-10-11-12-13-14-19-26-43-36-23-18-17-21-32(36)27-35(39)28-34-30-40-25-24-38(34,37(41)42-3)29-33-22-16-15-20-31(33)2/h15-18,20-23,34-35,40H,4-14,19,24-30,39H2,1-3H3/t34?,35-,38+/m0/s1. The summed E-state index contributed by atoms with van der Waals surface area (Å²) < 4.78 is 11.7. The smallest absolute Gasteiger partial charge is 0.312 e. The van der Waals surface area contributed by atoms with E-state index in [1.807, 2.05) is 6.07 Å². The van der Waals surface area contributed by atoms with Gasteiger partial charge in [0.1, 0.15) is 5.75 Å². The van der Waals surface area contributed by atoms with Gasteiger partial charge in [-0.3, -0.25) is 4.79 Å². The Morgan fingerprint density at radius 3 is 2.16 bits per heavy atom. The van der Waals surface area contributed by atoms with Crippen molar-refractivity contribution in [3.63, 3.8) is 0 Å². The third-order valence-electron chi connectivity index (χ3n) is 9.58. The number of esters is 1. The van der Waals surface area contributed by atoms with E-state index in [0.29, 0.717) is 6.42 Å². The number of benzene rings is 2. The Kier molecular flexibility index (Phi) is 16.2. The largest absolute Gasteiger partial charge is 0.493 e. The van der Waals surface area contributed by atoms with Crippen LogP contribution in [0.15, 0.2) is 48.5 Å². The monoisotopic (exact) mass is 592 g/mol. The molecule has 2 aromatic rings. The second-order valence-corrected chi connectivity index (χ2v) is 12.9. The van der Waals surface area contributed by atoms with Crippen LogP contribution < -0.4 is 15.8 Å². The highest BCUT2D eigenvalue weighted by Gasteiger charge is 2.48. The molecule has 1 saturated heterocycles. The lowest BCUT2D eigenvalue weighted by Gasteiger charge is -2.43. The molecule has 2 aromatic carbocycles. The van der Waals surface area contributed by atoms with Gasteiger partial charge >= 0.3 is 5.97 Å². The average Bonchev–Trinajstić information content (AvgIpc) is 3.02. The zero-order chi connectivity index (χ0) is 30.8. The van der Waals surface area contributed by atoms with Crippen LogP contribution >= 0.6 is 0 Å². The maximum Gasteiger partial charge on any atom is 0.312 e. The predicted molar refractivity (Wildman–Crippen MR) is 180 cm³/mol. The molecule has 0 bridgehead atoms. The molecule has 1 heterocycles. The number of hydrogen-bond donors (Lipinski definition) is 2. The van der Waals surface area contributed by atoms with E-state index >= 15 is 0 Å². The molecular weight excluding hydrogens is 532 g/mol. The number of methoxy groups -OCH3 is 1. The first-order valence-electron chi connectivity index (χ1n) is 17.3. The molecule has 240 valence electrons. The van der Waals surface area contributed by atoms with Gasteiger partial charge in [0, 0.05) is 6.04 Å². The summed E-state index contributed by atoms with van der Waals surface area (Å²) in [6, 6.07) is 16.6. The summed E-state index contributed by atoms with van der Waals surface area (Å²) >= 11 is 0. The van der Waals surface area contributed by atoms with Gasteiger partial charge in [0.2, 0.25) is 0 Å². The van der Waals surface area contributed by atoms with Crippen LogP contribution in [-0.4, -0.2) is 38.8 Å². The number of nitrogens with one attached hydrogen (secondary N) is 1. The first kappa shape index (κ1) is 35.1. The van der Waals surface area contributed by atoms with Gasteiger partial charge in [0.25, 0.3) is 0 Å². The number of unbranched alkanes of at least 4 members (excludes halogenated alkanes) is 11. The Hall–Kier alpha value is -2.37. The van der Waals surface area contributed by atoms with Crippen LogP contribution in [0, 0.1) is 18.3 Å². The summed E-state index contributed by atoms with van der Waals surface area (Å²) in [5, 5.41) is 3.53. The maximum atomic E-state index is 13.4. The maximum absolute atomic E-state index is 13.4. The first-order chi connectivity index (χ1) is 21.0. The highest BCUT2D eigenvalue weighted by molar-refractivity contribution is 5.78. The molecule has 1 aliphatic rings. The van der Waals surface area contributed by atoms with Crippen LogP contribution in [0.1, 0.15) is 114 Å². The van der Waals surface area contributed by atoms with Crippen LogP contribution in [0.25, 0.3) is 0 Å². The van der Waals surface area contributed by atoms with Crippen LogP contribution in [0.4, 0.5) is 0 Å². The minimum absolute atomic E-state index is 0.0813. The highest BCUT2D eigenvalue weighted by atomic mass is 16.5. The number of para-hydroxylation sites is 1. The molecule has 3 N–H and O–H groups in total. The quantitative estimate of drug-likeness (QED) is 0.113. The van der Waals surface area contributed by atoms with E-state index in [4.69, 9.17) is 15.2 Å². The van der Waals surface area contributed by atoms with E-state index in [-0.39, 0.29) is 17.9 Å². The Bertz CT molecular complexity index is 1060. The summed E-state index contributed by atoms with van der Waals surface area (Å²) in [6.07, 6.45) is 19.0. The zero-order valence-corrected chi connectivity index (χ0v) is 27.5. The molecule has 1 aliphatic heterocycles. The minimum atomic E-state index is -0.575. The number of ether oxygens (including phenoxy) is 2. The molecule has 1 fully saturated rings. The predicted octanol–water partition coefficient (Wildman–Crippen LogP) is 8.35. The summed E-state index contributed by atoms with van der Waals surface area (Å²) in [5.74, 6) is 0.931. The van der Waals surface area contributed by atoms with Crippen molar-refractivity contribution in [3.8, 4) is 5.75 Å². The van der Waals surface area contributed by atoms with Crippen molar-refractivity contribution in [2.75, 3.05) is 26.8 Å². The molecule has 0 radical (unpaired) electrons. The molecule has 0 aromatic heterocycles. The molecule has 43 heavy (non-hydrogen) atoms. The van der Waals surface area contributed by atoms with Gasteiger partial charge in [-0.05, 0) is 80.8 Å². The van der Waals surface area contributed by atoms with Crippen LogP contribution in [0.2, 0.25) is 0 Å². The average molecular weight is 593 g/mol.